The molecule has 19 heavy (non-hydrogen) atoms. The molecule has 1 heterocycles. The van der Waals surface area contributed by atoms with Crippen molar-refractivity contribution in [1.82, 2.24) is 9.80 Å². The van der Waals surface area contributed by atoms with Crippen molar-refractivity contribution in [2.45, 2.75) is 19.6 Å². The van der Waals surface area contributed by atoms with E-state index in [1.165, 1.54) is 5.56 Å². The van der Waals surface area contributed by atoms with Crippen LogP contribution in [-0.4, -0.2) is 59.3 Å². The Balaban J connectivity index is 1.84. The van der Waals surface area contributed by atoms with E-state index in [4.69, 9.17) is 10.2 Å². The van der Waals surface area contributed by atoms with Gasteiger partial charge in [-0.25, -0.2) is 0 Å². The first-order valence-electron chi connectivity index (χ1n) is 7.06. The zero-order valence-electron chi connectivity index (χ0n) is 11.5. The van der Waals surface area contributed by atoms with Crippen LogP contribution in [-0.2, 0) is 13.2 Å². The van der Waals surface area contributed by atoms with Crippen molar-refractivity contribution in [3.63, 3.8) is 0 Å². The summed E-state index contributed by atoms with van der Waals surface area (Å²) in [6.45, 7) is 6.42. The molecule has 1 aliphatic rings. The maximum atomic E-state index is 9.03. The third kappa shape index (κ3) is 4.58. The van der Waals surface area contributed by atoms with Crippen molar-refractivity contribution in [2.24, 2.45) is 0 Å². The van der Waals surface area contributed by atoms with Gasteiger partial charge in [0.1, 0.15) is 0 Å². The van der Waals surface area contributed by atoms with Gasteiger partial charge in [-0.2, -0.15) is 0 Å². The Hall–Kier alpha value is -0.940. The first-order chi connectivity index (χ1) is 9.31. The van der Waals surface area contributed by atoms with E-state index in [2.05, 4.69) is 21.9 Å². The van der Waals surface area contributed by atoms with Crippen molar-refractivity contribution in [1.29, 1.82) is 0 Å². The molecule has 0 bridgehead atoms. The normalized spacial score (nSPS) is 18.4. The Kier molecular flexibility index (Phi) is 5.79. The van der Waals surface area contributed by atoms with E-state index in [0.717, 1.165) is 51.3 Å². The van der Waals surface area contributed by atoms with Gasteiger partial charge in [-0.05, 0) is 30.6 Å². The molecule has 1 aliphatic heterocycles. The predicted octanol–water partition coefficient (Wildman–Crippen LogP) is 0.679. The lowest BCUT2D eigenvalue weighted by Crippen LogP contribution is -2.32. The fraction of sp³-hybridized carbons (Fsp3) is 0.600. The topological polar surface area (TPSA) is 46.9 Å². The lowest BCUT2D eigenvalue weighted by atomic mass is 10.1. The average molecular weight is 264 g/mol. The molecular weight excluding hydrogens is 240 g/mol. The van der Waals surface area contributed by atoms with Crippen LogP contribution in [0, 0.1) is 0 Å². The molecule has 0 unspecified atom stereocenters. The van der Waals surface area contributed by atoms with Crippen LogP contribution in [0.2, 0.25) is 0 Å². The number of β-amino-alcohol motifs (C(OH)–C–C–N with tert-alkyl or cyclic N) is 1. The van der Waals surface area contributed by atoms with Crippen LogP contribution < -0.4 is 0 Å². The van der Waals surface area contributed by atoms with Gasteiger partial charge in [-0.1, -0.05) is 24.3 Å². The van der Waals surface area contributed by atoms with Crippen molar-refractivity contribution in [3.8, 4) is 0 Å². The van der Waals surface area contributed by atoms with Gasteiger partial charge in [0.25, 0.3) is 0 Å². The van der Waals surface area contributed by atoms with Crippen LogP contribution in [0.15, 0.2) is 24.3 Å². The molecule has 0 aromatic heterocycles. The Morgan fingerprint density at radius 2 is 1.47 bits per heavy atom. The third-order valence-electron chi connectivity index (χ3n) is 3.71. The van der Waals surface area contributed by atoms with Gasteiger partial charge in [0.05, 0.1) is 13.2 Å². The van der Waals surface area contributed by atoms with Crippen LogP contribution in [0.4, 0.5) is 0 Å². The summed E-state index contributed by atoms with van der Waals surface area (Å²) < 4.78 is 0. The molecule has 0 aliphatic carbocycles. The van der Waals surface area contributed by atoms with Crippen LogP contribution >= 0.6 is 0 Å². The number of benzene rings is 1. The van der Waals surface area contributed by atoms with Gasteiger partial charge in [-0.3, -0.25) is 9.80 Å². The number of hydrogen-bond acceptors (Lipinski definition) is 4. The van der Waals surface area contributed by atoms with E-state index in [1.807, 2.05) is 12.1 Å². The smallest absolute Gasteiger partial charge is 0.0681 e. The standard InChI is InChI=1S/C15H24N2O2/c18-11-10-16-6-1-7-17(9-8-16)12-14-2-4-15(13-19)5-3-14/h2-5,18-19H,1,6-13H2. The van der Waals surface area contributed by atoms with E-state index in [0.29, 0.717) is 0 Å². The van der Waals surface area contributed by atoms with Gasteiger partial charge >= 0.3 is 0 Å². The molecule has 0 atom stereocenters. The Bertz CT molecular complexity index is 367. The van der Waals surface area contributed by atoms with Crippen molar-refractivity contribution in [2.75, 3.05) is 39.3 Å². The minimum absolute atomic E-state index is 0.111. The van der Waals surface area contributed by atoms with E-state index in [-0.39, 0.29) is 13.2 Å². The summed E-state index contributed by atoms with van der Waals surface area (Å²) in [4.78, 5) is 4.79. The highest BCUT2D eigenvalue weighted by Crippen LogP contribution is 2.10. The van der Waals surface area contributed by atoms with Crippen LogP contribution in [0.25, 0.3) is 0 Å². The highest BCUT2D eigenvalue weighted by Gasteiger charge is 2.14. The lowest BCUT2D eigenvalue weighted by Gasteiger charge is -2.21. The van der Waals surface area contributed by atoms with Gasteiger partial charge in [0.15, 0.2) is 0 Å². The first-order valence-corrected chi connectivity index (χ1v) is 7.06. The average Bonchev–Trinajstić information content (AvgIpc) is 2.66. The lowest BCUT2D eigenvalue weighted by molar-refractivity contribution is 0.196. The van der Waals surface area contributed by atoms with Crippen LogP contribution in [0.5, 0.6) is 0 Å². The SMILES string of the molecule is OCCN1CCCN(Cc2ccc(CO)cc2)CC1. The molecule has 4 nitrogen and oxygen atoms in total. The minimum Gasteiger partial charge on any atom is -0.395 e. The highest BCUT2D eigenvalue weighted by atomic mass is 16.3. The van der Waals surface area contributed by atoms with Gasteiger partial charge in [-0.15, -0.1) is 0 Å². The second-order valence-corrected chi connectivity index (χ2v) is 5.17. The fourth-order valence-corrected chi connectivity index (χ4v) is 2.56. The second kappa shape index (κ2) is 7.60. The number of aliphatic hydroxyl groups excluding tert-OH is 2. The predicted molar refractivity (Wildman–Crippen MR) is 75.8 cm³/mol. The van der Waals surface area contributed by atoms with E-state index >= 15 is 0 Å². The summed E-state index contributed by atoms with van der Waals surface area (Å²) in [5.41, 5.74) is 2.27. The molecule has 1 fully saturated rings. The molecule has 2 rings (SSSR count). The van der Waals surface area contributed by atoms with E-state index < -0.39 is 0 Å². The molecule has 4 heteroatoms. The largest absolute Gasteiger partial charge is 0.395 e. The van der Waals surface area contributed by atoms with Crippen LogP contribution in [0.3, 0.4) is 0 Å². The molecule has 0 spiro atoms. The van der Waals surface area contributed by atoms with Crippen molar-refractivity contribution < 1.29 is 10.2 Å². The fourth-order valence-electron chi connectivity index (χ4n) is 2.56. The zero-order valence-corrected chi connectivity index (χ0v) is 11.5. The molecule has 106 valence electrons. The van der Waals surface area contributed by atoms with Gasteiger partial charge < -0.3 is 10.2 Å². The molecule has 1 saturated heterocycles. The number of aliphatic hydroxyl groups is 2. The third-order valence-corrected chi connectivity index (χ3v) is 3.71. The molecule has 0 radical (unpaired) electrons. The summed E-state index contributed by atoms with van der Waals surface area (Å²) in [6.07, 6.45) is 1.16. The van der Waals surface area contributed by atoms with Crippen LogP contribution in [0.1, 0.15) is 17.5 Å². The quantitative estimate of drug-likeness (QED) is 0.821. The van der Waals surface area contributed by atoms with Crippen molar-refractivity contribution in [3.05, 3.63) is 35.4 Å². The number of rotatable bonds is 5. The van der Waals surface area contributed by atoms with Crippen molar-refractivity contribution >= 4 is 0 Å². The molecule has 2 N–H and O–H groups in total. The first kappa shape index (κ1) is 14.5. The Labute approximate surface area is 115 Å². The molecule has 1 aromatic rings. The maximum absolute atomic E-state index is 9.03. The maximum Gasteiger partial charge on any atom is 0.0681 e. The van der Waals surface area contributed by atoms with E-state index in [9.17, 15) is 0 Å². The summed E-state index contributed by atoms with van der Waals surface area (Å²) in [7, 11) is 0. The van der Waals surface area contributed by atoms with Gasteiger partial charge in [0.2, 0.25) is 0 Å². The molecule has 0 saturated carbocycles. The molecule has 1 aromatic carbocycles. The number of hydrogen-bond donors (Lipinski definition) is 2. The van der Waals surface area contributed by atoms with Gasteiger partial charge in [0, 0.05) is 26.2 Å². The summed E-state index contributed by atoms with van der Waals surface area (Å²) in [6, 6.07) is 8.18. The molecular formula is C15H24N2O2. The molecule has 0 amide bonds. The zero-order chi connectivity index (χ0) is 13.5. The summed E-state index contributed by atoms with van der Waals surface area (Å²) in [5, 5.41) is 18.0. The minimum atomic E-state index is 0.111. The Morgan fingerprint density at radius 1 is 0.842 bits per heavy atom. The Morgan fingerprint density at radius 3 is 2.16 bits per heavy atom. The van der Waals surface area contributed by atoms with E-state index in [1.54, 1.807) is 0 Å². The summed E-state index contributed by atoms with van der Waals surface area (Å²) >= 11 is 0. The second-order valence-electron chi connectivity index (χ2n) is 5.17. The monoisotopic (exact) mass is 264 g/mol. The summed E-state index contributed by atoms with van der Waals surface area (Å²) in [5.74, 6) is 0. The highest BCUT2D eigenvalue weighted by molar-refractivity contribution is 5.21. The number of nitrogens with zero attached hydrogens (tertiary/aromatic N) is 2.